The number of nitrogens with zero attached hydrogens (tertiary/aromatic N) is 2. The van der Waals surface area contributed by atoms with E-state index in [1.54, 1.807) is 0 Å². The molecule has 0 amide bonds. The summed E-state index contributed by atoms with van der Waals surface area (Å²) in [6, 6.07) is 0. The van der Waals surface area contributed by atoms with Crippen LogP contribution in [-0.2, 0) is 9.30 Å². The molecule has 12 nitrogen and oxygen atoms in total. The number of anilines is 1. The van der Waals surface area contributed by atoms with Gasteiger partial charge in [0.25, 0.3) is 0 Å². The molecule has 13 heteroatoms. The zero-order chi connectivity index (χ0) is 16.8. The van der Waals surface area contributed by atoms with Crippen molar-refractivity contribution in [1.29, 1.82) is 0 Å². The SMILES string of the molecule is Nc1nc(C(=O)O)cn1C1O[C@H](C(O)P(=O)(O)O)[C@@H](O)[C@H]1O. The summed E-state index contributed by atoms with van der Waals surface area (Å²) in [5, 5.41) is 37.9. The Hall–Kier alpha value is -1.53. The minimum atomic E-state index is -5.00. The number of hydrogen-bond acceptors (Lipinski definition) is 8. The van der Waals surface area contributed by atoms with E-state index in [0.717, 1.165) is 10.8 Å². The van der Waals surface area contributed by atoms with Crippen molar-refractivity contribution in [2.75, 3.05) is 5.73 Å². The van der Waals surface area contributed by atoms with Crippen LogP contribution in [0.4, 0.5) is 5.95 Å². The van der Waals surface area contributed by atoms with E-state index in [1.807, 2.05) is 0 Å². The lowest BCUT2D eigenvalue weighted by Crippen LogP contribution is -2.38. The van der Waals surface area contributed by atoms with Crippen LogP contribution in [0.1, 0.15) is 16.7 Å². The van der Waals surface area contributed by atoms with Crippen LogP contribution in [0.5, 0.6) is 0 Å². The third-order valence-corrected chi connectivity index (χ3v) is 4.15. The van der Waals surface area contributed by atoms with Crippen LogP contribution in [0.25, 0.3) is 0 Å². The highest BCUT2D eigenvalue weighted by molar-refractivity contribution is 7.52. The Bertz CT molecular complexity index is 628. The summed E-state index contributed by atoms with van der Waals surface area (Å²) in [6.07, 6.45) is -5.89. The lowest BCUT2D eigenvalue weighted by molar-refractivity contribution is -0.0669. The van der Waals surface area contributed by atoms with Gasteiger partial charge in [0.2, 0.25) is 5.95 Å². The minimum absolute atomic E-state index is 0.361. The molecule has 0 radical (unpaired) electrons. The van der Waals surface area contributed by atoms with Gasteiger partial charge in [0, 0.05) is 6.20 Å². The van der Waals surface area contributed by atoms with Crippen molar-refractivity contribution in [3.8, 4) is 0 Å². The summed E-state index contributed by atoms with van der Waals surface area (Å²) in [4.78, 5) is 32.1. The summed E-state index contributed by atoms with van der Waals surface area (Å²) in [7, 11) is -5.00. The molecule has 2 rings (SSSR count). The summed E-state index contributed by atoms with van der Waals surface area (Å²) in [6.45, 7) is 0. The van der Waals surface area contributed by atoms with Crippen molar-refractivity contribution >= 4 is 19.5 Å². The average molecular weight is 339 g/mol. The molecule has 124 valence electrons. The van der Waals surface area contributed by atoms with Crippen LogP contribution in [-0.4, -0.2) is 69.9 Å². The number of aliphatic hydroxyl groups excluding tert-OH is 3. The van der Waals surface area contributed by atoms with Crippen LogP contribution in [0.2, 0.25) is 0 Å². The van der Waals surface area contributed by atoms with Crippen molar-refractivity contribution < 1.29 is 44.3 Å². The maximum absolute atomic E-state index is 11.0. The third-order valence-electron chi connectivity index (χ3n) is 3.17. The highest BCUT2D eigenvalue weighted by atomic mass is 31.2. The molecule has 0 aromatic carbocycles. The van der Waals surface area contributed by atoms with Gasteiger partial charge in [0.1, 0.15) is 18.3 Å². The normalized spacial score (nSPS) is 30.4. The Kier molecular flexibility index (Phi) is 4.28. The number of hydrogen-bond donors (Lipinski definition) is 7. The van der Waals surface area contributed by atoms with Gasteiger partial charge in [-0.1, -0.05) is 0 Å². The van der Waals surface area contributed by atoms with Crippen LogP contribution in [0, 0.1) is 0 Å². The van der Waals surface area contributed by atoms with Gasteiger partial charge in [-0.05, 0) is 0 Å². The average Bonchev–Trinajstić information content (AvgIpc) is 2.91. The third kappa shape index (κ3) is 2.85. The molecule has 1 aliphatic heterocycles. The molecule has 5 atom stereocenters. The number of rotatable bonds is 4. The number of aromatic carboxylic acids is 1. The molecule has 1 aliphatic rings. The summed E-state index contributed by atoms with van der Waals surface area (Å²) in [5.74, 6) is -4.13. The van der Waals surface area contributed by atoms with Crippen LogP contribution < -0.4 is 5.73 Å². The van der Waals surface area contributed by atoms with E-state index >= 15 is 0 Å². The van der Waals surface area contributed by atoms with E-state index in [1.165, 1.54) is 0 Å². The number of ether oxygens (including phenoxy) is 1. The Balaban J connectivity index is 2.31. The molecular formula is C9H14N3O9P. The van der Waals surface area contributed by atoms with Crippen LogP contribution in [0.3, 0.4) is 0 Å². The molecule has 0 aliphatic carbocycles. The van der Waals surface area contributed by atoms with E-state index in [9.17, 15) is 24.7 Å². The van der Waals surface area contributed by atoms with Gasteiger partial charge in [-0.25, -0.2) is 9.78 Å². The molecule has 2 unspecified atom stereocenters. The molecule has 8 N–H and O–H groups in total. The first-order valence-corrected chi connectivity index (χ1v) is 7.54. The molecule has 1 aromatic heterocycles. The number of nitrogen functional groups attached to an aromatic ring is 1. The molecule has 0 bridgehead atoms. The number of carboxylic acid groups (broad SMARTS) is 1. The number of aliphatic hydroxyl groups is 3. The maximum atomic E-state index is 11.0. The van der Waals surface area contributed by atoms with E-state index in [2.05, 4.69) is 4.98 Å². The first kappa shape index (κ1) is 16.8. The maximum Gasteiger partial charge on any atom is 0.356 e. The number of carbonyl (C=O) groups is 1. The highest BCUT2D eigenvalue weighted by Crippen LogP contribution is 2.46. The zero-order valence-electron chi connectivity index (χ0n) is 10.8. The van der Waals surface area contributed by atoms with Crippen molar-refractivity contribution in [2.24, 2.45) is 0 Å². The van der Waals surface area contributed by atoms with E-state index in [0.29, 0.717) is 0 Å². The van der Waals surface area contributed by atoms with Crippen molar-refractivity contribution in [3.63, 3.8) is 0 Å². The summed E-state index contributed by atoms with van der Waals surface area (Å²) >= 11 is 0. The van der Waals surface area contributed by atoms with Gasteiger partial charge in [-0.2, -0.15) is 0 Å². The smallest absolute Gasteiger partial charge is 0.356 e. The monoisotopic (exact) mass is 339 g/mol. The fourth-order valence-electron chi connectivity index (χ4n) is 2.07. The minimum Gasteiger partial charge on any atom is -0.476 e. The number of nitrogens with two attached hydrogens (primary N) is 1. The van der Waals surface area contributed by atoms with Gasteiger partial charge in [-0.15, -0.1) is 0 Å². The van der Waals surface area contributed by atoms with Gasteiger partial charge in [-0.3, -0.25) is 9.13 Å². The number of aromatic nitrogens is 2. The predicted octanol–water partition coefficient (Wildman–Crippen LogP) is -2.72. The molecule has 1 saturated heterocycles. The molecule has 0 saturated carbocycles. The fourth-order valence-corrected chi connectivity index (χ4v) is 2.70. The van der Waals surface area contributed by atoms with E-state index < -0.39 is 49.6 Å². The number of imidazole rings is 1. The largest absolute Gasteiger partial charge is 0.476 e. The van der Waals surface area contributed by atoms with Gasteiger partial charge < -0.3 is 40.7 Å². The molecule has 1 aromatic rings. The lowest BCUT2D eigenvalue weighted by Gasteiger charge is -2.21. The Labute approximate surface area is 122 Å². The van der Waals surface area contributed by atoms with Crippen molar-refractivity contribution in [1.82, 2.24) is 9.55 Å². The second-order valence-corrected chi connectivity index (χ2v) is 6.38. The number of carboxylic acids is 1. The van der Waals surface area contributed by atoms with Gasteiger partial charge in [0.05, 0.1) is 0 Å². The van der Waals surface area contributed by atoms with Crippen molar-refractivity contribution in [3.05, 3.63) is 11.9 Å². The second-order valence-electron chi connectivity index (χ2n) is 4.67. The topological polar surface area (TPSA) is 209 Å². The molecular weight excluding hydrogens is 325 g/mol. The Morgan fingerprint density at radius 2 is 2.00 bits per heavy atom. The van der Waals surface area contributed by atoms with Gasteiger partial charge >= 0.3 is 13.6 Å². The van der Waals surface area contributed by atoms with E-state index in [-0.39, 0.29) is 5.95 Å². The highest BCUT2D eigenvalue weighted by Gasteiger charge is 2.51. The second kappa shape index (κ2) is 5.59. The summed E-state index contributed by atoms with van der Waals surface area (Å²) < 4.78 is 16.9. The zero-order valence-corrected chi connectivity index (χ0v) is 11.7. The van der Waals surface area contributed by atoms with Crippen molar-refractivity contribution in [2.45, 2.75) is 30.4 Å². The first-order chi connectivity index (χ1) is 10.0. The Morgan fingerprint density at radius 1 is 1.41 bits per heavy atom. The Morgan fingerprint density at radius 3 is 2.45 bits per heavy atom. The predicted molar refractivity (Wildman–Crippen MR) is 67.6 cm³/mol. The molecule has 2 heterocycles. The van der Waals surface area contributed by atoms with E-state index in [4.69, 9.17) is 25.4 Å². The van der Waals surface area contributed by atoms with Crippen LogP contribution in [0.15, 0.2) is 6.20 Å². The fraction of sp³-hybridized carbons (Fsp3) is 0.556. The standard InChI is InChI=1S/C9H14N3O9P/c10-9-11-2(7(15)16)1-12(9)6-4(14)3(13)5(21-6)8(17)22(18,19)20/h1,3-6,8,13-14,17H,(H2,10,11)(H,15,16)(H2,18,19,20)/t3-,4+,5-,6?,8?/m0/s1. The molecule has 1 fully saturated rings. The quantitative estimate of drug-likeness (QED) is 0.280. The summed E-state index contributed by atoms with van der Waals surface area (Å²) in [5.41, 5.74) is 5.02. The first-order valence-electron chi connectivity index (χ1n) is 5.86. The van der Waals surface area contributed by atoms with Gasteiger partial charge in [0.15, 0.2) is 17.8 Å². The lowest BCUT2D eigenvalue weighted by atomic mass is 10.1. The van der Waals surface area contributed by atoms with Crippen LogP contribution >= 0.6 is 7.60 Å². The molecule has 0 spiro atoms. The molecule has 22 heavy (non-hydrogen) atoms.